The van der Waals surface area contributed by atoms with Crippen molar-refractivity contribution < 1.29 is 0 Å². The van der Waals surface area contributed by atoms with Crippen molar-refractivity contribution in [3.05, 3.63) is 0 Å². The third-order valence-electron chi connectivity index (χ3n) is 3.33. The molecule has 0 rings (SSSR count). The Balaban J connectivity index is 3.83. The molecule has 0 aliphatic carbocycles. The molecule has 0 heterocycles. The highest BCUT2D eigenvalue weighted by Gasteiger charge is 2.24. The van der Waals surface area contributed by atoms with Gasteiger partial charge in [0.25, 0.3) is 0 Å². The molecule has 0 aliphatic rings. The highest BCUT2D eigenvalue weighted by molar-refractivity contribution is 5.05. The van der Waals surface area contributed by atoms with E-state index in [0.29, 0.717) is 0 Å². The van der Waals surface area contributed by atoms with Crippen LogP contribution in [0.15, 0.2) is 0 Å². The van der Waals surface area contributed by atoms with Crippen molar-refractivity contribution in [2.24, 2.45) is 0 Å². The Morgan fingerprint density at radius 3 is 2.31 bits per heavy atom. The second kappa shape index (κ2) is 8.55. The first-order valence-electron chi connectivity index (χ1n) is 6.42. The van der Waals surface area contributed by atoms with Crippen LogP contribution in [0.5, 0.6) is 0 Å². The molecule has 0 aromatic rings. The van der Waals surface area contributed by atoms with Crippen molar-refractivity contribution in [1.29, 1.82) is 5.26 Å². The van der Waals surface area contributed by atoms with Crippen LogP contribution in [0.25, 0.3) is 0 Å². The second-order valence-electron chi connectivity index (χ2n) is 4.56. The molecule has 16 heavy (non-hydrogen) atoms. The van der Waals surface area contributed by atoms with Crippen molar-refractivity contribution in [3.63, 3.8) is 0 Å². The van der Waals surface area contributed by atoms with Crippen LogP contribution in [-0.4, -0.2) is 37.6 Å². The molecule has 3 heteroatoms. The lowest BCUT2D eigenvalue weighted by atomic mass is 9.92. The summed E-state index contributed by atoms with van der Waals surface area (Å²) in [6.45, 7) is 6.54. The monoisotopic (exact) mass is 225 g/mol. The molecule has 0 amide bonds. The summed E-state index contributed by atoms with van der Waals surface area (Å²) in [7, 11) is 4.04. The summed E-state index contributed by atoms with van der Waals surface area (Å²) in [5, 5.41) is 12.3. The molecule has 94 valence electrons. The molecule has 1 N–H and O–H groups in total. The maximum Gasteiger partial charge on any atom is 0.106 e. The van der Waals surface area contributed by atoms with Crippen LogP contribution in [0.2, 0.25) is 0 Å². The van der Waals surface area contributed by atoms with Crippen molar-refractivity contribution >= 4 is 0 Å². The van der Waals surface area contributed by atoms with Crippen LogP contribution in [-0.2, 0) is 0 Å². The van der Waals surface area contributed by atoms with E-state index in [1.54, 1.807) is 0 Å². The Hall–Kier alpha value is -0.590. The third kappa shape index (κ3) is 5.48. The predicted octanol–water partition coefficient (Wildman–Crippen LogP) is 2.39. The molecule has 0 radical (unpaired) electrons. The molecule has 0 spiro atoms. The zero-order chi connectivity index (χ0) is 12.4. The van der Waals surface area contributed by atoms with Crippen LogP contribution in [0.1, 0.15) is 46.0 Å². The van der Waals surface area contributed by atoms with Gasteiger partial charge < -0.3 is 10.2 Å². The predicted molar refractivity (Wildman–Crippen MR) is 69.3 cm³/mol. The molecule has 0 aromatic carbocycles. The zero-order valence-electron chi connectivity index (χ0n) is 11.3. The Kier molecular flexibility index (Phi) is 8.23. The van der Waals surface area contributed by atoms with E-state index in [1.807, 2.05) is 7.05 Å². The average Bonchev–Trinajstić information content (AvgIpc) is 2.33. The van der Waals surface area contributed by atoms with Gasteiger partial charge in [0.2, 0.25) is 0 Å². The van der Waals surface area contributed by atoms with Gasteiger partial charge in [-0.1, -0.05) is 20.3 Å². The van der Waals surface area contributed by atoms with Crippen molar-refractivity contribution in [3.8, 4) is 6.07 Å². The summed E-state index contributed by atoms with van der Waals surface area (Å²) in [5.41, 5.74) is -0.314. The lowest BCUT2D eigenvalue weighted by Gasteiger charge is -2.25. The topological polar surface area (TPSA) is 39.1 Å². The van der Waals surface area contributed by atoms with Gasteiger partial charge in [0.05, 0.1) is 6.07 Å². The Labute approximate surface area is 101 Å². The fraction of sp³-hybridized carbons (Fsp3) is 0.923. The highest BCUT2D eigenvalue weighted by Crippen LogP contribution is 2.16. The molecule has 1 atom stereocenters. The van der Waals surface area contributed by atoms with Gasteiger partial charge in [-0.2, -0.15) is 5.26 Å². The quantitative estimate of drug-likeness (QED) is 0.655. The van der Waals surface area contributed by atoms with Gasteiger partial charge in [0.1, 0.15) is 5.54 Å². The van der Waals surface area contributed by atoms with Crippen molar-refractivity contribution in [2.75, 3.05) is 27.2 Å². The van der Waals surface area contributed by atoms with Gasteiger partial charge in [0, 0.05) is 0 Å². The van der Waals surface area contributed by atoms with E-state index in [-0.39, 0.29) is 5.54 Å². The van der Waals surface area contributed by atoms with E-state index < -0.39 is 0 Å². The smallest absolute Gasteiger partial charge is 0.106 e. The van der Waals surface area contributed by atoms with Gasteiger partial charge in [-0.05, 0) is 52.9 Å². The van der Waals surface area contributed by atoms with Gasteiger partial charge in [-0.25, -0.2) is 0 Å². The molecule has 0 bridgehead atoms. The number of nitrogens with zero attached hydrogens (tertiary/aromatic N) is 2. The Morgan fingerprint density at radius 2 is 1.88 bits per heavy atom. The first kappa shape index (κ1) is 15.4. The van der Waals surface area contributed by atoms with Crippen LogP contribution in [0.4, 0.5) is 0 Å². The summed E-state index contributed by atoms with van der Waals surface area (Å²) >= 11 is 0. The molecule has 0 saturated heterocycles. The molecule has 0 aromatic heterocycles. The van der Waals surface area contributed by atoms with E-state index in [4.69, 9.17) is 5.26 Å². The van der Waals surface area contributed by atoms with Crippen LogP contribution in [0, 0.1) is 11.3 Å². The standard InChI is InChI=1S/C13H27N3/c1-5-7-10-16(4)11-8-9-13(6-2,12-14)15-3/h15H,5-11H2,1-4H3. The van der Waals surface area contributed by atoms with Crippen molar-refractivity contribution in [1.82, 2.24) is 10.2 Å². The van der Waals surface area contributed by atoms with Gasteiger partial charge in [0.15, 0.2) is 0 Å². The molecular formula is C13H27N3. The maximum absolute atomic E-state index is 9.16. The fourth-order valence-electron chi connectivity index (χ4n) is 1.86. The average molecular weight is 225 g/mol. The number of rotatable bonds is 9. The number of nitriles is 1. The minimum atomic E-state index is -0.314. The number of unbranched alkanes of at least 4 members (excludes halogenated alkanes) is 1. The largest absolute Gasteiger partial charge is 0.306 e. The SMILES string of the molecule is CCCCN(C)CCCC(C#N)(CC)NC. The Morgan fingerprint density at radius 1 is 1.25 bits per heavy atom. The van der Waals surface area contributed by atoms with Gasteiger partial charge in [-0.3, -0.25) is 0 Å². The molecule has 0 aliphatic heterocycles. The number of hydrogen-bond acceptors (Lipinski definition) is 3. The van der Waals surface area contributed by atoms with E-state index in [9.17, 15) is 0 Å². The molecular weight excluding hydrogens is 198 g/mol. The first-order valence-corrected chi connectivity index (χ1v) is 6.42. The zero-order valence-corrected chi connectivity index (χ0v) is 11.3. The lowest BCUT2D eigenvalue weighted by molar-refractivity contribution is 0.296. The van der Waals surface area contributed by atoms with Gasteiger partial charge >= 0.3 is 0 Å². The highest BCUT2D eigenvalue weighted by atomic mass is 15.1. The molecule has 0 fully saturated rings. The minimum absolute atomic E-state index is 0.314. The maximum atomic E-state index is 9.16. The normalized spacial score (nSPS) is 14.8. The summed E-state index contributed by atoms with van der Waals surface area (Å²) in [4.78, 5) is 2.36. The van der Waals surface area contributed by atoms with Crippen molar-refractivity contribution in [2.45, 2.75) is 51.5 Å². The summed E-state index contributed by atoms with van der Waals surface area (Å²) in [6.07, 6.45) is 5.41. The van der Waals surface area contributed by atoms with Crippen LogP contribution in [0.3, 0.4) is 0 Å². The summed E-state index contributed by atoms with van der Waals surface area (Å²) < 4.78 is 0. The van der Waals surface area contributed by atoms with E-state index in [1.165, 1.54) is 19.4 Å². The summed E-state index contributed by atoms with van der Waals surface area (Å²) in [6, 6.07) is 2.40. The number of hydrogen-bond donors (Lipinski definition) is 1. The molecule has 0 saturated carbocycles. The first-order chi connectivity index (χ1) is 7.64. The molecule has 3 nitrogen and oxygen atoms in total. The van der Waals surface area contributed by atoms with E-state index in [0.717, 1.165) is 25.8 Å². The van der Waals surface area contributed by atoms with Crippen LogP contribution < -0.4 is 5.32 Å². The third-order valence-corrected chi connectivity index (χ3v) is 3.33. The second-order valence-corrected chi connectivity index (χ2v) is 4.56. The van der Waals surface area contributed by atoms with E-state index in [2.05, 4.69) is 37.2 Å². The Bertz CT molecular complexity index is 204. The fourth-order valence-corrected chi connectivity index (χ4v) is 1.86. The summed E-state index contributed by atoms with van der Waals surface area (Å²) in [5.74, 6) is 0. The number of nitrogens with one attached hydrogen (secondary N) is 1. The van der Waals surface area contributed by atoms with Crippen LogP contribution >= 0.6 is 0 Å². The minimum Gasteiger partial charge on any atom is -0.306 e. The molecule has 1 unspecified atom stereocenters. The van der Waals surface area contributed by atoms with Gasteiger partial charge in [-0.15, -0.1) is 0 Å². The van der Waals surface area contributed by atoms with E-state index >= 15 is 0 Å². The lowest BCUT2D eigenvalue weighted by Crippen LogP contribution is -2.41.